The summed E-state index contributed by atoms with van der Waals surface area (Å²) < 4.78 is 0. The van der Waals surface area contributed by atoms with Crippen LogP contribution in [-0.4, -0.2) is 17.9 Å². The minimum atomic E-state index is -0.143. The number of rotatable bonds is 4. The summed E-state index contributed by atoms with van der Waals surface area (Å²) in [5.74, 6) is -0.143. The lowest BCUT2D eigenvalue weighted by molar-refractivity contribution is 0.0963. The Labute approximate surface area is 123 Å². The van der Waals surface area contributed by atoms with Crippen molar-refractivity contribution in [3.63, 3.8) is 0 Å². The van der Waals surface area contributed by atoms with Crippen LogP contribution in [0.15, 0.2) is 42.6 Å². The molecule has 0 saturated heterocycles. The third kappa shape index (κ3) is 3.27. The molecule has 0 spiro atoms. The molecular weight excluding hydrogens is 274 g/mol. The van der Waals surface area contributed by atoms with E-state index < -0.39 is 0 Å². The summed E-state index contributed by atoms with van der Waals surface area (Å²) in [5.41, 5.74) is 2.19. The summed E-state index contributed by atoms with van der Waals surface area (Å²) in [6, 6.07) is 10.9. The van der Waals surface area contributed by atoms with Crippen LogP contribution in [0.5, 0.6) is 0 Å². The van der Waals surface area contributed by atoms with Crippen LogP contribution < -0.4 is 10.6 Å². The Morgan fingerprint density at radius 2 is 2.10 bits per heavy atom. The maximum atomic E-state index is 11.6. The summed E-state index contributed by atoms with van der Waals surface area (Å²) in [6.45, 7) is 1.99. The zero-order valence-corrected chi connectivity index (χ0v) is 12.1. The molecule has 0 bridgehead atoms. The average molecular weight is 290 g/mol. The molecule has 2 rings (SSSR count). The Hall–Kier alpha value is -2.07. The van der Waals surface area contributed by atoms with E-state index in [1.54, 1.807) is 31.4 Å². The minimum absolute atomic E-state index is 0.00589. The van der Waals surface area contributed by atoms with Crippen molar-refractivity contribution in [3.05, 3.63) is 58.9 Å². The quantitative estimate of drug-likeness (QED) is 0.908. The molecule has 0 aliphatic heterocycles. The fraction of sp³-hybridized carbons (Fsp3) is 0.200. The number of anilines is 1. The van der Waals surface area contributed by atoms with Crippen LogP contribution in [0.3, 0.4) is 0 Å². The van der Waals surface area contributed by atoms with Gasteiger partial charge in [0.05, 0.1) is 22.4 Å². The van der Waals surface area contributed by atoms with E-state index in [2.05, 4.69) is 15.6 Å². The third-order valence-corrected chi connectivity index (χ3v) is 3.29. The summed E-state index contributed by atoms with van der Waals surface area (Å²) in [5, 5.41) is 6.43. The summed E-state index contributed by atoms with van der Waals surface area (Å²) in [7, 11) is 1.60. The molecule has 1 atom stereocenters. The molecule has 1 aromatic carbocycles. The second kappa shape index (κ2) is 6.39. The van der Waals surface area contributed by atoms with Crippen LogP contribution in [0.25, 0.3) is 0 Å². The van der Waals surface area contributed by atoms with Gasteiger partial charge in [-0.1, -0.05) is 17.7 Å². The number of carbonyl (C=O) groups is 1. The first-order valence-electron chi connectivity index (χ1n) is 6.31. The van der Waals surface area contributed by atoms with Crippen LogP contribution in [0, 0.1) is 0 Å². The number of aromatic nitrogens is 1. The van der Waals surface area contributed by atoms with Crippen molar-refractivity contribution >= 4 is 23.2 Å². The Bertz CT molecular complexity index is 601. The first-order valence-corrected chi connectivity index (χ1v) is 6.68. The maximum absolute atomic E-state index is 11.6. The Balaban J connectivity index is 2.22. The van der Waals surface area contributed by atoms with Gasteiger partial charge >= 0.3 is 0 Å². The molecular formula is C15H16ClN3O. The third-order valence-electron chi connectivity index (χ3n) is 2.96. The number of nitrogens with one attached hydrogen (secondary N) is 2. The van der Waals surface area contributed by atoms with E-state index in [-0.39, 0.29) is 11.9 Å². The van der Waals surface area contributed by atoms with Gasteiger partial charge in [-0.25, -0.2) is 0 Å². The van der Waals surface area contributed by atoms with E-state index in [1.807, 2.05) is 25.1 Å². The van der Waals surface area contributed by atoms with Gasteiger partial charge in [0.15, 0.2) is 0 Å². The van der Waals surface area contributed by atoms with Crippen molar-refractivity contribution in [1.82, 2.24) is 10.3 Å². The topological polar surface area (TPSA) is 54.0 Å². The lowest BCUT2D eigenvalue weighted by Gasteiger charge is -2.16. The van der Waals surface area contributed by atoms with Gasteiger partial charge in [-0.3, -0.25) is 9.78 Å². The molecule has 1 heterocycles. The molecule has 0 aliphatic rings. The highest BCUT2D eigenvalue weighted by Crippen LogP contribution is 2.26. The zero-order chi connectivity index (χ0) is 14.5. The number of hydrogen-bond donors (Lipinski definition) is 2. The van der Waals surface area contributed by atoms with Gasteiger partial charge in [0, 0.05) is 18.8 Å². The number of amides is 1. The highest BCUT2D eigenvalue weighted by molar-refractivity contribution is 6.33. The van der Waals surface area contributed by atoms with Gasteiger partial charge in [0.2, 0.25) is 0 Å². The number of halogens is 1. The Morgan fingerprint density at radius 3 is 2.75 bits per heavy atom. The summed E-state index contributed by atoms with van der Waals surface area (Å²) in [4.78, 5) is 15.9. The van der Waals surface area contributed by atoms with Crippen molar-refractivity contribution in [2.24, 2.45) is 0 Å². The normalized spacial score (nSPS) is 11.8. The van der Waals surface area contributed by atoms with Gasteiger partial charge in [-0.05, 0) is 37.3 Å². The molecule has 0 fully saturated rings. The predicted molar refractivity (Wildman–Crippen MR) is 81.1 cm³/mol. The van der Waals surface area contributed by atoms with Crippen molar-refractivity contribution in [2.45, 2.75) is 13.0 Å². The number of benzene rings is 1. The van der Waals surface area contributed by atoms with E-state index in [1.165, 1.54) is 0 Å². The lowest BCUT2D eigenvalue weighted by atomic mass is 10.1. The smallest absolute Gasteiger partial charge is 0.251 e. The van der Waals surface area contributed by atoms with Gasteiger partial charge < -0.3 is 10.6 Å². The number of nitrogens with zero attached hydrogens (tertiary/aromatic N) is 1. The second-order valence-electron chi connectivity index (χ2n) is 4.39. The van der Waals surface area contributed by atoms with Crippen LogP contribution >= 0.6 is 11.6 Å². The minimum Gasteiger partial charge on any atom is -0.376 e. The molecule has 1 unspecified atom stereocenters. The monoisotopic (exact) mass is 289 g/mol. The number of pyridine rings is 1. The number of carbonyl (C=O) groups excluding carboxylic acids is 1. The fourth-order valence-corrected chi connectivity index (χ4v) is 2.03. The molecule has 2 aromatic rings. The fourth-order valence-electron chi connectivity index (χ4n) is 1.86. The van der Waals surface area contributed by atoms with E-state index in [0.29, 0.717) is 16.3 Å². The summed E-state index contributed by atoms with van der Waals surface area (Å²) >= 11 is 6.16. The first-order chi connectivity index (χ1) is 9.61. The van der Waals surface area contributed by atoms with Crippen molar-refractivity contribution in [2.75, 3.05) is 12.4 Å². The van der Waals surface area contributed by atoms with Crippen LogP contribution in [0.2, 0.25) is 5.02 Å². The lowest BCUT2D eigenvalue weighted by Crippen LogP contribution is -2.18. The molecule has 0 radical (unpaired) electrons. The molecule has 20 heavy (non-hydrogen) atoms. The molecule has 1 amide bonds. The summed E-state index contributed by atoms with van der Waals surface area (Å²) in [6.07, 6.45) is 1.75. The average Bonchev–Trinajstić information content (AvgIpc) is 2.49. The van der Waals surface area contributed by atoms with E-state index in [0.717, 1.165) is 5.69 Å². The highest BCUT2D eigenvalue weighted by Gasteiger charge is 2.11. The Morgan fingerprint density at radius 1 is 1.30 bits per heavy atom. The molecule has 2 N–H and O–H groups in total. The van der Waals surface area contributed by atoms with E-state index in [4.69, 9.17) is 11.6 Å². The second-order valence-corrected chi connectivity index (χ2v) is 4.80. The van der Waals surface area contributed by atoms with Gasteiger partial charge in [0.1, 0.15) is 0 Å². The molecule has 5 heteroatoms. The largest absolute Gasteiger partial charge is 0.376 e. The molecule has 0 saturated carbocycles. The standard InChI is InChI=1S/C15H16ClN3O/c1-10(13-5-3-4-8-18-13)19-14-9-11(15(20)17-2)6-7-12(14)16/h3-10,19H,1-2H3,(H,17,20). The Kier molecular flexibility index (Phi) is 4.58. The van der Waals surface area contributed by atoms with Crippen LogP contribution in [0.4, 0.5) is 5.69 Å². The van der Waals surface area contributed by atoms with Crippen molar-refractivity contribution in [1.29, 1.82) is 0 Å². The molecule has 0 aliphatic carbocycles. The predicted octanol–water partition coefficient (Wildman–Crippen LogP) is 3.27. The molecule has 1 aromatic heterocycles. The van der Waals surface area contributed by atoms with Gasteiger partial charge in [-0.2, -0.15) is 0 Å². The van der Waals surface area contributed by atoms with Crippen LogP contribution in [-0.2, 0) is 0 Å². The van der Waals surface area contributed by atoms with Crippen molar-refractivity contribution < 1.29 is 4.79 Å². The van der Waals surface area contributed by atoms with Gasteiger partial charge in [0.25, 0.3) is 5.91 Å². The number of hydrogen-bond acceptors (Lipinski definition) is 3. The SMILES string of the molecule is CNC(=O)c1ccc(Cl)c(NC(C)c2ccccn2)c1. The van der Waals surface area contributed by atoms with Gasteiger partial charge in [-0.15, -0.1) is 0 Å². The molecule has 104 valence electrons. The van der Waals surface area contributed by atoms with Crippen LogP contribution in [0.1, 0.15) is 29.0 Å². The maximum Gasteiger partial charge on any atom is 0.251 e. The molecule has 4 nitrogen and oxygen atoms in total. The van der Waals surface area contributed by atoms with E-state index >= 15 is 0 Å². The van der Waals surface area contributed by atoms with Crippen molar-refractivity contribution in [3.8, 4) is 0 Å². The van der Waals surface area contributed by atoms with E-state index in [9.17, 15) is 4.79 Å². The first kappa shape index (κ1) is 14.3. The highest BCUT2D eigenvalue weighted by atomic mass is 35.5. The zero-order valence-electron chi connectivity index (χ0n) is 11.4.